The smallest absolute Gasteiger partial charge is 0.129 e. The van der Waals surface area contributed by atoms with Gasteiger partial charge < -0.3 is 15.2 Å². The van der Waals surface area contributed by atoms with Gasteiger partial charge in [-0.25, -0.2) is 0 Å². The third kappa shape index (κ3) is 2.74. The topological polar surface area (TPSA) is 44.5 Å². The summed E-state index contributed by atoms with van der Waals surface area (Å²) in [5.41, 5.74) is 9.64. The number of nitrogens with two attached hydrogens (primary N) is 1. The van der Waals surface area contributed by atoms with Crippen molar-refractivity contribution in [2.75, 3.05) is 14.2 Å². The average Bonchev–Trinajstić information content (AvgIpc) is 2.86. The van der Waals surface area contributed by atoms with E-state index in [1.807, 2.05) is 25.3 Å². The Bertz CT molecular complexity index is 554. The number of benzene rings is 1. The summed E-state index contributed by atoms with van der Waals surface area (Å²) in [4.78, 5) is 1.10. The fraction of sp³-hybridized carbons (Fsp3) is 0.333. The molecule has 2 rings (SSSR count). The van der Waals surface area contributed by atoms with Crippen LogP contribution < -0.4 is 15.2 Å². The molecule has 0 aliphatic carbocycles. The third-order valence-corrected chi connectivity index (χ3v) is 4.18. The van der Waals surface area contributed by atoms with Crippen LogP contribution in [-0.2, 0) is 0 Å². The summed E-state index contributed by atoms with van der Waals surface area (Å²) in [6.45, 7) is 4.08. The lowest BCUT2D eigenvalue weighted by Crippen LogP contribution is -2.11. The van der Waals surface area contributed by atoms with Crippen LogP contribution in [0.5, 0.6) is 11.5 Å². The maximum Gasteiger partial charge on any atom is 0.129 e. The first-order valence-electron chi connectivity index (χ1n) is 6.10. The van der Waals surface area contributed by atoms with Crippen LogP contribution in [0.2, 0.25) is 0 Å². The lowest BCUT2D eigenvalue weighted by atomic mass is 10.00. The highest BCUT2D eigenvalue weighted by Gasteiger charge is 2.15. The summed E-state index contributed by atoms with van der Waals surface area (Å²) in [6, 6.07) is 6.03. The zero-order chi connectivity index (χ0) is 14.0. The standard InChI is InChI=1S/C15H19NO2S/c1-9-5-11(6-10(2)15(9)18-4)14(16)13-7-12(17-3)8-19-13/h5-8,14H,16H2,1-4H3. The zero-order valence-electron chi connectivity index (χ0n) is 11.7. The summed E-state index contributed by atoms with van der Waals surface area (Å²) in [7, 11) is 3.36. The molecule has 0 saturated heterocycles. The van der Waals surface area contributed by atoms with Crippen LogP contribution in [0.3, 0.4) is 0 Å². The molecule has 1 atom stereocenters. The highest BCUT2D eigenvalue weighted by Crippen LogP contribution is 2.32. The lowest BCUT2D eigenvalue weighted by Gasteiger charge is -2.15. The number of methoxy groups -OCH3 is 2. The van der Waals surface area contributed by atoms with Gasteiger partial charge in [0, 0.05) is 10.3 Å². The molecule has 0 amide bonds. The SMILES string of the molecule is COc1csc(C(N)c2cc(C)c(OC)c(C)c2)c1. The molecule has 102 valence electrons. The van der Waals surface area contributed by atoms with Crippen molar-refractivity contribution in [2.24, 2.45) is 5.73 Å². The van der Waals surface area contributed by atoms with E-state index in [-0.39, 0.29) is 6.04 Å². The molecule has 1 aromatic carbocycles. The Morgan fingerprint density at radius 1 is 1.05 bits per heavy atom. The van der Waals surface area contributed by atoms with Crippen LogP contribution in [0.1, 0.15) is 27.6 Å². The second-order valence-corrected chi connectivity index (χ2v) is 5.50. The first kappa shape index (κ1) is 13.9. The Labute approximate surface area is 118 Å². The molecule has 2 N–H and O–H groups in total. The molecule has 19 heavy (non-hydrogen) atoms. The normalized spacial score (nSPS) is 12.3. The largest absolute Gasteiger partial charge is 0.496 e. The molecule has 2 aromatic rings. The number of ether oxygens (including phenoxy) is 2. The van der Waals surface area contributed by atoms with Crippen molar-refractivity contribution < 1.29 is 9.47 Å². The van der Waals surface area contributed by atoms with E-state index in [2.05, 4.69) is 12.1 Å². The molecule has 0 spiro atoms. The average molecular weight is 277 g/mol. The Morgan fingerprint density at radius 2 is 1.68 bits per heavy atom. The Morgan fingerprint density at radius 3 is 2.16 bits per heavy atom. The van der Waals surface area contributed by atoms with Crippen molar-refractivity contribution in [3.63, 3.8) is 0 Å². The fourth-order valence-corrected chi connectivity index (χ4v) is 3.14. The fourth-order valence-electron chi connectivity index (χ4n) is 2.25. The van der Waals surface area contributed by atoms with E-state index in [9.17, 15) is 0 Å². The highest BCUT2D eigenvalue weighted by molar-refractivity contribution is 7.10. The maximum atomic E-state index is 6.33. The lowest BCUT2D eigenvalue weighted by molar-refractivity contribution is 0.408. The van der Waals surface area contributed by atoms with Crippen LogP contribution >= 0.6 is 11.3 Å². The second kappa shape index (κ2) is 5.63. The van der Waals surface area contributed by atoms with Crippen molar-refractivity contribution in [3.05, 3.63) is 45.1 Å². The van der Waals surface area contributed by atoms with Gasteiger partial charge in [-0.15, -0.1) is 11.3 Å². The van der Waals surface area contributed by atoms with Gasteiger partial charge in [0.2, 0.25) is 0 Å². The zero-order valence-corrected chi connectivity index (χ0v) is 12.5. The minimum atomic E-state index is -0.128. The quantitative estimate of drug-likeness (QED) is 0.931. The van der Waals surface area contributed by atoms with E-state index in [1.54, 1.807) is 25.6 Å². The molecule has 1 unspecified atom stereocenters. The summed E-state index contributed by atoms with van der Waals surface area (Å²) in [6.07, 6.45) is 0. The van der Waals surface area contributed by atoms with Crippen LogP contribution in [0, 0.1) is 13.8 Å². The molecule has 0 bridgehead atoms. The molecule has 0 saturated carbocycles. The molecule has 1 aromatic heterocycles. The highest BCUT2D eigenvalue weighted by atomic mass is 32.1. The first-order valence-corrected chi connectivity index (χ1v) is 6.98. The maximum absolute atomic E-state index is 6.33. The molecular formula is C15H19NO2S. The molecule has 0 aliphatic rings. The summed E-state index contributed by atoms with van der Waals surface area (Å²) < 4.78 is 10.6. The second-order valence-electron chi connectivity index (χ2n) is 4.55. The van der Waals surface area contributed by atoms with E-state index in [0.29, 0.717) is 0 Å². The van der Waals surface area contributed by atoms with E-state index >= 15 is 0 Å². The number of hydrogen-bond donors (Lipinski definition) is 1. The number of rotatable bonds is 4. The minimum Gasteiger partial charge on any atom is -0.496 e. The van der Waals surface area contributed by atoms with Crippen LogP contribution in [0.15, 0.2) is 23.6 Å². The van der Waals surface area contributed by atoms with Crippen molar-refractivity contribution in [1.82, 2.24) is 0 Å². The predicted octanol–water partition coefficient (Wildman–Crippen LogP) is 3.43. The van der Waals surface area contributed by atoms with Gasteiger partial charge >= 0.3 is 0 Å². The predicted molar refractivity (Wildman–Crippen MR) is 79.4 cm³/mol. The van der Waals surface area contributed by atoms with E-state index < -0.39 is 0 Å². The molecule has 0 fully saturated rings. The van der Waals surface area contributed by atoms with Crippen molar-refractivity contribution in [3.8, 4) is 11.5 Å². The Kier molecular flexibility index (Phi) is 4.12. The van der Waals surface area contributed by atoms with Gasteiger partial charge in [0.1, 0.15) is 11.5 Å². The van der Waals surface area contributed by atoms with Gasteiger partial charge in [0.25, 0.3) is 0 Å². The van der Waals surface area contributed by atoms with Crippen molar-refractivity contribution >= 4 is 11.3 Å². The summed E-state index contributed by atoms with van der Waals surface area (Å²) >= 11 is 1.62. The van der Waals surface area contributed by atoms with Crippen LogP contribution in [0.25, 0.3) is 0 Å². The molecule has 4 heteroatoms. The van der Waals surface area contributed by atoms with Gasteiger partial charge in [0.15, 0.2) is 0 Å². The molecule has 0 aliphatic heterocycles. The molecule has 3 nitrogen and oxygen atoms in total. The summed E-state index contributed by atoms with van der Waals surface area (Å²) in [5, 5.41) is 1.97. The minimum absolute atomic E-state index is 0.128. The van der Waals surface area contributed by atoms with Crippen molar-refractivity contribution in [1.29, 1.82) is 0 Å². The number of hydrogen-bond acceptors (Lipinski definition) is 4. The monoisotopic (exact) mass is 277 g/mol. The number of aryl methyl sites for hydroxylation is 2. The van der Waals surface area contributed by atoms with Gasteiger partial charge in [-0.05, 0) is 36.6 Å². The Balaban J connectivity index is 2.36. The number of thiophene rings is 1. The van der Waals surface area contributed by atoms with E-state index in [4.69, 9.17) is 15.2 Å². The molecule has 0 radical (unpaired) electrons. The van der Waals surface area contributed by atoms with E-state index in [1.165, 1.54) is 0 Å². The van der Waals surface area contributed by atoms with Gasteiger partial charge in [-0.3, -0.25) is 0 Å². The Hall–Kier alpha value is -1.52. The third-order valence-electron chi connectivity index (χ3n) is 3.18. The van der Waals surface area contributed by atoms with Crippen LogP contribution in [0.4, 0.5) is 0 Å². The van der Waals surface area contributed by atoms with Crippen molar-refractivity contribution in [2.45, 2.75) is 19.9 Å². The summed E-state index contributed by atoms with van der Waals surface area (Å²) in [5.74, 6) is 1.79. The van der Waals surface area contributed by atoms with Gasteiger partial charge in [0.05, 0.1) is 20.3 Å². The van der Waals surface area contributed by atoms with Gasteiger partial charge in [-0.1, -0.05) is 12.1 Å². The van der Waals surface area contributed by atoms with Gasteiger partial charge in [-0.2, -0.15) is 0 Å². The first-order chi connectivity index (χ1) is 9.06. The molecular weight excluding hydrogens is 258 g/mol. The van der Waals surface area contributed by atoms with Crippen LogP contribution in [-0.4, -0.2) is 14.2 Å². The molecule has 1 heterocycles. The van der Waals surface area contributed by atoms with E-state index in [0.717, 1.165) is 33.1 Å².